The normalized spacial score (nSPS) is 17.0. The third-order valence-electron chi connectivity index (χ3n) is 4.42. The van der Waals surface area contributed by atoms with Crippen molar-refractivity contribution >= 4 is 5.91 Å². The summed E-state index contributed by atoms with van der Waals surface area (Å²) in [7, 11) is 0. The first-order chi connectivity index (χ1) is 11.1. The predicted molar refractivity (Wildman–Crippen MR) is 88.4 cm³/mol. The first-order valence-corrected chi connectivity index (χ1v) is 8.05. The summed E-state index contributed by atoms with van der Waals surface area (Å²) in [6.07, 6.45) is 2.21. The summed E-state index contributed by atoms with van der Waals surface area (Å²) >= 11 is 0. The van der Waals surface area contributed by atoms with E-state index >= 15 is 0 Å². The number of aromatic nitrogens is 2. The van der Waals surface area contributed by atoms with Crippen molar-refractivity contribution in [2.45, 2.75) is 39.7 Å². The number of benzene rings is 1. The van der Waals surface area contributed by atoms with Gasteiger partial charge in [0.1, 0.15) is 5.75 Å². The van der Waals surface area contributed by atoms with E-state index in [0.29, 0.717) is 25.5 Å². The molecule has 0 unspecified atom stereocenters. The molecule has 2 heterocycles. The van der Waals surface area contributed by atoms with Gasteiger partial charge in [0, 0.05) is 30.3 Å². The van der Waals surface area contributed by atoms with Crippen LogP contribution in [0.5, 0.6) is 5.75 Å². The van der Waals surface area contributed by atoms with Crippen LogP contribution in [0.1, 0.15) is 41.6 Å². The number of para-hydroxylation sites is 1. The van der Waals surface area contributed by atoms with E-state index in [-0.39, 0.29) is 5.91 Å². The van der Waals surface area contributed by atoms with Crippen LogP contribution in [0.15, 0.2) is 24.4 Å². The van der Waals surface area contributed by atoms with Gasteiger partial charge in [-0.3, -0.25) is 9.89 Å². The number of aryl methyl sites for hydroxylation is 2. The van der Waals surface area contributed by atoms with Crippen LogP contribution in [0, 0.1) is 13.8 Å². The summed E-state index contributed by atoms with van der Waals surface area (Å²) in [6.45, 7) is 7.95. The van der Waals surface area contributed by atoms with E-state index in [2.05, 4.69) is 17.1 Å². The molecule has 1 aliphatic rings. The van der Waals surface area contributed by atoms with Gasteiger partial charge in [0.2, 0.25) is 5.91 Å². The van der Waals surface area contributed by atoms with Crippen LogP contribution in [-0.2, 0) is 11.3 Å². The Balaban J connectivity index is 1.56. The summed E-state index contributed by atoms with van der Waals surface area (Å²) in [5.74, 6) is 1.32. The van der Waals surface area contributed by atoms with Gasteiger partial charge in [0.25, 0.3) is 0 Å². The molecule has 0 aliphatic carbocycles. The highest BCUT2D eigenvalue weighted by atomic mass is 16.5. The number of nitrogens with zero attached hydrogens (tertiary/aromatic N) is 2. The van der Waals surface area contributed by atoms with E-state index in [1.54, 1.807) is 0 Å². The third kappa shape index (κ3) is 3.23. The zero-order chi connectivity index (χ0) is 16.4. The minimum absolute atomic E-state index is 0.134. The maximum Gasteiger partial charge on any atom is 0.226 e. The Labute approximate surface area is 136 Å². The van der Waals surface area contributed by atoms with Gasteiger partial charge in [-0.05, 0) is 25.0 Å². The van der Waals surface area contributed by atoms with Gasteiger partial charge in [-0.2, -0.15) is 5.10 Å². The van der Waals surface area contributed by atoms with Crippen molar-refractivity contribution in [3.8, 4) is 5.75 Å². The molecule has 1 N–H and O–H groups in total. The van der Waals surface area contributed by atoms with E-state index < -0.39 is 0 Å². The molecule has 0 fully saturated rings. The number of carbonyl (C=O) groups excluding carboxylic acids is 1. The maximum absolute atomic E-state index is 12.5. The summed E-state index contributed by atoms with van der Waals surface area (Å²) in [5, 5.41) is 7.11. The lowest BCUT2D eigenvalue weighted by Crippen LogP contribution is -2.37. The first-order valence-electron chi connectivity index (χ1n) is 8.05. The number of hydrogen-bond acceptors (Lipinski definition) is 3. The molecule has 0 saturated heterocycles. The maximum atomic E-state index is 12.5. The molecule has 0 saturated carbocycles. The lowest BCUT2D eigenvalue weighted by atomic mass is 9.98. The summed E-state index contributed by atoms with van der Waals surface area (Å²) in [6, 6.07) is 6.06. The average Bonchev–Trinajstić information content (AvgIpc) is 2.99. The van der Waals surface area contributed by atoms with Crippen molar-refractivity contribution in [2.24, 2.45) is 0 Å². The lowest BCUT2D eigenvalue weighted by molar-refractivity contribution is -0.133. The summed E-state index contributed by atoms with van der Waals surface area (Å²) in [5.41, 5.74) is 4.48. The van der Waals surface area contributed by atoms with E-state index in [1.165, 1.54) is 0 Å². The van der Waals surface area contributed by atoms with Gasteiger partial charge in [-0.25, -0.2) is 0 Å². The van der Waals surface area contributed by atoms with E-state index in [4.69, 9.17) is 4.74 Å². The Morgan fingerprint density at radius 2 is 2.13 bits per heavy atom. The highest BCUT2D eigenvalue weighted by Crippen LogP contribution is 2.26. The quantitative estimate of drug-likeness (QED) is 0.944. The van der Waals surface area contributed by atoms with Gasteiger partial charge in [-0.15, -0.1) is 0 Å². The van der Waals surface area contributed by atoms with Gasteiger partial charge in [0.05, 0.1) is 19.2 Å². The summed E-state index contributed by atoms with van der Waals surface area (Å²) in [4.78, 5) is 14.4. The van der Waals surface area contributed by atoms with Crippen LogP contribution >= 0.6 is 0 Å². The fraction of sp³-hybridized carbons (Fsp3) is 0.444. The van der Waals surface area contributed by atoms with E-state index in [0.717, 1.165) is 34.7 Å². The summed E-state index contributed by atoms with van der Waals surface area (Å²) < 4.78 is 5.84. The Morgan fingerprint density at radius 1 is 1.39 bits per heavy atom. The average molecular weight is 313 g/mol. The molecule has 0 radical (unpaired) electrons. The van der Waals surface area contributed by atoms with Crippen molar-refractivity contribution in [1.29, 1.82) is 0 Å². The first kappa shape index (κ1) is 15.6. The molecule has 1 atom stereocenters. The van der Waals surface area contributed by atoms with E-state index in [9.17, 15) is 4.79 Å². The Bertz CT molecular complexity index is 688. The number of hydrogen-bond donors (Lipinski definition) is 1. The fourth-order valence-electron chi connectivity index (χ4n) is 3.18. The van der Waals surface area contributed by atoms with Crippen molar-refractivity contribution in [3.63, 3.8) is 0 Å². The van der Waals surface area contributed by atoms with Crippen LogP contribution in [0.2, 0.25) is 0 Å². The smallest absolute Gasteiger partial charge is 0.226 e. The number of nitrogens with one attached hydrogen (secondary N) is 1. The highest BCUT2D eigenvalue weighted by Gasteiger charge is 2.26. The zero-order valence-corrected chi connectivity index (χ0v) is 13.9. The number of aromatic amines is 1. The largest absolute Gasteiger partial charge is 0.493 e. The molecule has 23 heavy (non-hydrogen) atoms. The molecule has 3 rings (SSSR count). The van der Waals surface area contributed by atoms with Crippen LogP contribution in [0.25, 0.3) is 0 Å². The van der Waals surface area contributed by atoms with Crippen molar-refractivity contribution in [2.75, 3.05) is 13.2 Å². The van der Waals surface area contributed by atoms with Crippen molar-refractivity contribution < 1.29 is 9.53 Å². The molecular weight excluding hydrogens is 290 g/mol. The van der Waals surface area contributed by atoms with Crippen LogP contribution in [0.4, 0.5) is 0 Å². The van der Waals surface area contributed by atoms with Gasteiger partial charge < -0.3 is 9.64 Å². The van der Waals surface area contributed by atoms with E-state index in [1.807, 2.05) is 43.1 Å². The lowest BCUT2D eigenvalue weighted by Gasteiger charge is -2.30. The number of carbonyl (C=O) groups is 1. The Hall–Kier alpha value is -2.30. The van der Waals surface area contributed by atoms with Crippen LogP contribution < -0.4 is 4.74 Å². The molecule has 1 amide bonds. The molecule has 1 aromatic carbocycles. The molecule has 2 aromatic rings. The molecule has 122 valence electrons. The monoisotopic (exact) mass is 313 g/mol. The second-order valence-electron chi connectivity index (χ2n) is 6.30. The molecule has 1 aromatic heterocycles. The molecule has 1 aliphatic heterocycles. The zero-order valence-electron chi connectivity index (χ0n) is 13.9. The minimum atomic E-state index is 0.134. The Morgan fingerprint density at radius 3 is 2.87 bits per heavy atom. The SMILES string of the molecule is Cc1cccc(C)c1OCCC(=O)N1Cc2cn[nH]c2[C@@H](C)C1. The molecule has 0 bridgehead atoms. The minimum Gasteiger partial charge on any atom is -0.493 e. The number of fused-ring (bicyclic) bond motifs is 1. The number of amides is 1. The third-order valence-corrected chi connectivity index (χ3v) is 4.42. The van der Waals surface area contributed by atoms with Gasteiger partial charge in [0.15, 0.2) is 0 Å². The fourth-order valence-corrected chi connectivity index (χ4v) is 3.18. The second kappa shape index (κ2) is 6.44. The molecular formula is C18H23N3O2. The predicted octanol–water partition coefficient (Wildman–Crippen LogP) is 2.94. The topological polar surface area (TPSA) is 58.2 Å². The second-order valence-corrected chi connectivity index (χ2v) is 6.30. The van der Waals surface area contributed by atoms with Crippen molar-refractivity contribution in [1.82, 2.24) is 15.1 Å². The van der Waals surface area contributed by atoms with Crippen LogP contribution in [-0.4, -0.2) is 34.2 Å². The molecule has 0 spiro atoms. The van der Waals surface area contributed by atoms with Crippen molar-refractivity contribution in [3.05, 3.63) is 46.8 Å². The number of ether oxygens (including phenoxy) is 1. The Kier molecular flexibility index (Phi) is 4.37. The van der Waals surface area contributed by atoms with Gasteiger partial charge in [-0.1, -0.05) is 25.1 Å². The van der Waals surface area contributed by atoms with Gasteiger partial charge >= 0.3 is 0 Å². The number of H-pyrrole nitrogens is 1. The number of rotatable bonds is 4. The highest BCUT2D eigenvalue weighted by molar-refractivity contribution is 5.76. The molecule has 5 nitrogen and oxygen atoms in total. The standard InChI is InChI=1S/C18H23N3O2/c1-12-5-4-6-13(2)18(12)23-8-7-16(22)21-10-14(3)17-15(11-21)9-19-20-17/h4-6,9,14H,7-8,10-11H2,1-3H3,(H,19,20)/t14-/m0/s1. The molecule has 5 heteroatoms. The van der Waals surface area contributed by atoms with Crippen LogP contribution in [0.3, 0.4) is 0 Å².